The number of rotatable bonds is 10. The van der Waals surface area contributed by atoms with Crippen LogP contribution in [-0.4, -0.2) is 45.7 Å². The Labute approximate surface area is 197 Å². The summed E-state index contributed by atoms with van der Waals surface area (Å²) in [5, 5.41) is 7.66. The van der Waals surface area contributed by atoms with Gasteiger partial charge in [-0.3, -0.25) is 19.4 Å². The summed E-state index contributed by atoms with van der Waals surface area (Å²) in [6, 6.07) is 14.4. The van der Waals surface area contributed by atoms with Crippen LogP contribution in [0.25, 0.3) is 0 Å². The normalized spacial score (nSPS) is 10.6. The van der Waals surface area contributed by atoms with E-state index in [0.717, 1.165) is 5.69 Å². The quantitative estimate of drug-likeness (QED) is 0.479. The first-order chi connectivity index (χ1) is 15.9. The molecule has 0 bridgehead atoms. The van der Waals surface area contributed by atoms with Gasteiger partial charge < -0.3 is 15.5 Å². The first-order valence-electron chi connectivity index (χ1n) is 10.7. The van der Waals surface area contributed by atoms with E-state index in [2.05, 4.69) is 20.6 Å². The maximum Gasteiger partial charge on any atom is 0.254 e. The molecule has 33 heavy (non-hydrogen) atoms. The van der Waals surface area contributed by atoms with Gasteiger partial charge in [0.15, 0.2) is 5.13 Å². The number of anilines is 1. The van der Waals surface area contributed by atoms with Crippen molar-refractivity contribution in [1.29, 1.82) is 0 Å². The van der Waals surface area contributed by atoms with E-state index in [4.69, 9.17) is 0 Å². The molecule has 0 spiro atoms. The van der Waals surface area contributed by atoms with Crippen LogP contribution in [0.4, 0.5) is 5.13 Å². The van der Waals surface area contributed by atoms with Gasteiger partial charge in [0.1, 0.15) is 6.54 Å². The third-order valence-electron chi connectivity index (χ3n) is 4.56. The molecule has 0 aliphatic rings. The number of benzene rings is 1. The van der Waals surface area contributed by atoms with Crippen LogP contribution in [0.5, 0.6) is 0 Å². The Morgan fingerprint density at radius 2 is 1.76 bits per heavy atom. The molecule has 0 radical (unpaired) electrons. The number of hydrogen-bond acceptors (Lipinski definition) is 6. The minimum Gasteiger partial charge on any atom is -0.350 e. The Bertz CT molecular complexity index is 1070. The third-order valence-corrected chi connectivity index (χ3v) is 5.37. The molecular formula is C24H27N5O3S. The second-order valence-corrected chi connectivity index (χ2v) is 8.77. The molecule has 8 nitrogen and oxygen atoms in total. The number of carbonyl (C=O) groups excluding carboxylic acids is 3. The summed E-state index contributed by atoms with van der Waals surface area (Å²) in [7, 11) is 0. The molecule has 0 fully saturated rings. The predicted octanol–water partition coefficient (Wildman–Crippen LogP) is 3.13. The van der Waals surface area contributed by atoms with Crippen molar-refractivity contribution in [3.63, 3.8) is 0 Å². The monoisotopic (exact) mass is 465 g/mol. The molecule has 3 aromatic rings. The van der Waals surface area contributed by atoms with Crippen LogP contribution in [0.15, 0.2) is 60.1 Å². The topological polar surface area (TPSA) is 104 Å². The maximum absolute atomic E-state index is 12.8. The van der Waals surface area contributed by atoms with Gasteiger partial charge in [0.25, 0.3) is 5.91 Å². The number of aromatic nitrogens is 2. The second kappa shape index (κ2) is 11.9. The van der Waals surface area contributed by atoms with Crippen molar-refractivity contribution in [2.75, 3.05) is 18.4 Å². The fourth-order valence-corrected chi connectivity index (χ4v) is 3.85. The van der Waals surface area contributed by atoms with Crippen molar-refractivity contribution in [2.45, 2.75) is 26.8 Å². The van der Waals surface area contributed by atoms with Gasteiger partial charge >= 0.3 is 0 Å². The molecule has 2 aromatic heterocycles. The number of pyridine rings is 1. The first-order valence-corrected chi connectivity index (χ1v) is 11.5. The van der Waals surface area contributed by atoms with E-state index in [0.29, 0.717) is 29.5 Å². The summed E-state index contributed by atoms with van der Waals surface area (Å²) in [5.74, 6) is -0.494. The average Bonchev–Trinajstić information content (AvgIpc) is 3.24. The largest absolute Gasteiger partial charge is 0.350 e. The second-order valence-electron chi connectivity index (χ2n) is 7.91. The number of thiazole rings is 1. The van der Waals surface area contributed by atoms with Gasteiger partial charge in [0, 0.05) is 23.7 Å². The Morgan fingerprint density at radius 1 is 1.00 bits per heavy atom. The van der Waals surface area contributed by atoms with Crippen LogP contribution >= 0.6 is 11.3 Å². The molecular weight excluding hydrogens is 438 g/mol. The van der Waals surface area contributed by atoms with Crippen LogP contribution in [0.2, 0.25) is 0 Å². The van der Waals surface area contributed by atoms with E-state index in [1.807, 2.05) is 38.1 Å². The highest BCUT2D eigenvalue weighted by molar-refractivity contribution is 7.13. The SMILES string of the molecule is CC(C)CN(CC(=O)Nc1nc(CC(=O)NCc2ccccn2)cs1)C(=O)c1ccccc1. The summed E-state index contributed by atoms with van der Waals surface area (Å²) < 4.78 is 0. The van der Waals surface area contributed by atoms with Crippen molar-refractivity contribution in [1.82, 2.24) is 20.2 Å². The van der Waals surface area contributed by atoms with Gasteiger partial charge in [0.05, 0.1) is 24.4 Å². The van der Waals surface area contributed by atoms with Gasteiger partial charge in [-0.1, -0.05) is 38.1 Å². The average molecular weight is 466 g/mol. The molecule has 3 rings (SSSR count). The molecule has 0 saturated carbocycles. The zero-order valence-electron chi connectivity index (χ0n) is 18.7. The number of carbonyl (C=O) groups is 3. The predicted molar refractivity (Wildman–Crippen MR) is 128 cm³/mol. The zero-order valence-corrected chi connectivity index (χ0v) is 19.5. The lowest BCUT2D eigenvalue weighted by Gasteiger charge is -2.24. The highest BCUT2D eigenvalue weighted by Crippen LogP contribution is 2.16. The highest BCUT2D eigenvalue weighted by atomic mass is 32.1. The third kappa shape index (κ3) is 7.80. The molecule has 1 aromatic carbocycles. The lowest BCUT2D eigenvalue weighted by molar-refractivity contribution is -0.120. The molecule has 0 atom stereocenters. The van der Waals surface area contributed by atoms with E-state index in [1.54, 1.807) is 35.8 Å². The van der Waals surface area contributed by atoms with E-state index in [1.165, 1.54) is 16.2 Å². The van der Waals surface area contributed by atoms with Crippen LogP contribution in [0.3, 0.4) is 0 Å². The number of nitrogens with zero attached hydrogens (tertiary/aromatic N) is 3. The minimum atomic E-state index is -0.333. The molecule has 2 heterocycles. The van der Waals surface area contributed by atoms with Crippen LogP contribution in [0, 0.1) is 5.92 Å². The van der Waals surface area contributed by atoms with Crippen LogP contribution < -0.4 is 10.6 Å². The molecule has 0 unspecified atom stereocenters. The van der Waals surface area contributed by atoms with E-state index < -0.39 is 0 Å². The van der Waals surface area contributed by atoms with Gasteiger partial charge in [-0.05, 0) is 30.2 Å². The molecule has 0 saturated heterocycles. The number of amides is 3. The van der Waals surface area contributed by atoms with Crippen molar-refractivity contribution < 1.29 is 14.4 Å². The van der Waals surface area contributed by atoms with E-state index in [-0.39, 0.29) is 36.6 Å². The molecule has 3 amide bonds. The van der Waals surface area contributed by atoms with Crippen molar-refractivity contribution in [2.24, 2.45) is 5.92 Å². The van der Waals surface area contributed by atoms with Gasteiger partial charge in [-0.15, -0.1) is 11.3 Å². The molecule has 0 aliphatic heterocycles. The lowest BCUT2D eigenvalue weighted by Crippen LogP contribution is -2.40. The lowest BCUT2D eigenvalue weighted by atomic mass is 10.1. The van der Waals surface area contributed by atoms with Crippen LogP contribution in [0.1, 0.15) is 35.6 Å². The summed E-state index contributed by atoms with van der Waals surface area (Å²) >= 11 is 1.24. The molecule has 9 heteroatoms. The fourth-order valence-electron chi connectivity index (χ4n) is 3.12. The van der Waals surface area contributed by atoms with Gasteiger partial charge in [0.2, 0.25) is 11.8 Å². The van der Waals surface area contributed by atoms with Crippen molar-refractivity contribution >= 4 is 34.2 Å². The highest BCUT2D eigenvalue weighted by Gasteiger charge is 2.20. The Balaban J connectivity index is 1.53. The van der Waals surface area contributed by atoms with Crippen molar-refractivity contribution in [3.8, 4) is 0 Å². The van der Waals surface area contributed by atoms with Gasteiger partial charge in [-0.25, -0.2) is 4.98 Å². The van der Waals surface area contributed by atoms with Gasteiger partial charge in [-0.2, -0.15) is 0 Å². The standard InChI is InChI=1S/C24H27N5O3S/c1-17(2)14-29(23(32)18-8-4-3-5-9-18)15-22(31)28-24-27-20(16-33-24)12-21(30)26-13-19-10-6-7-11-25-19/h3-11,16-17H,12-15H2,1-2H3,(H,26,30)(H,27,28,31). The summed E-state index contributed by atoms with van der Waals surface area (Å²) in [4.78, 5) is 47.6. The Hall–Kier alpha value is -3.59. The maximum atomic E-state index is 12.8. The zero-order chi connectivity index (χ0) is 23.6. The Kier molecular flexibility index (Phi) is 8.65. The summed E-state index contributed by atoms with van der Waals surface area (Å²) in [5.41, 5.74) is 1.88. The molecule has 172 valence electrons. The minimum absolute atomic E-state index is 0.0780. The fraction of sp³-hybridized carbons (Fsp3) is 0.292. The van der Waals surface area contributed by atoms with Crippen LogP contribution in [-0.2, 0) is 22.6 Å². The van der Waals surface area contributed by atoms with Crippen molar-refractivity contribution in [3.05, 3.63) is 77.1 Å². The molecule has 0 aliphatic carbocycles. The number of hydrogen-bond donors (Lipinski definition) is 2. The summed E-state index contributed by atoms with van der Waals surface area (Å²) in [6.45, 7) is 4.71. The Morgan fingerprint density at radius 3 is 2.45 bits per heavy atom. The number of nitrogens with one attached hydrogen (secondary N) is 2. The van der Waals surface area contributed by atoms with E-state index in [9.17, 15) is 14.4 Å². The smallest absolute Gasteiger partial charge is 0.254 e. The summed E-state index contributed by atoms with van der Waals surface area (Å²) in [6.07, 6.45) is 1.78. The molecule has 2 N–H and O–H groups in total. The first kappa shape index (κ1) is 24.1. The van der Waals surface area contributed by atoms with E-state index >= 15 is 0 Å².